The standard InChI is InChI=1S/C22H19NO4/c1-14(16-11-10-15-6-3-4-7-17(15)13-16)12-20(24)23-21-18(22(25)26)8-5-9-19(21)27-2/h3-13H,1-2H3,(H,23,24)(H,25,26)/b14-12-. The van der Waals surface area contributed by atoms with Gasteiger partial charge in [-0.05, 0) is 47.0 Å². The van der Waals surface area contributed by atoms with Gasteiger partial charge in [-0.15, -0.1) is 0 Å². The van der Waals surface area contributed by atoms with Crippen LogP contribution in [0.3, 0.4) is 0 Å². The maximum absolute atomic E-state index is 12.5. The number of allylic oxidation sites excluding steroid dienone is 1. The number of para-hydroxylation sites is 1. The van der Waals surface area contributed by atoms with Gasteiger partial charge < -0.3 is 15.2 Å². The number of nitrogens with one attached hydrogen (secondary N) is 1. The zero-order valence-electron chi connectivity index (χ0n) is 15.0. The highest BCUT2D eigenvalue weighted by atomic mass is 16.5. The molecule has 0 saturated heterocycles. The molecular weight excluding hydrogens is 342 g/mol. The molecule has 0 unspecified atom stereocenters. The molecular formula is C22H19NO4. The molecule has 0 atom stereocenters. The first kappa shape index (κ1) is 18.2. The third kappa shape index (κ3) is 3.98. The molecule has 0 radical (unpaired) electrons. The van der Waals surface area contributed by atoms with E-state index >= 15 is 0 Å². The lowest BCUT2D eigenvalue weighted by Gasteiger charge is -2.12. The molecule has 0 aliphatic carbocycles. The van der Waals surface area contributed by atoms with Crippen molar-refractivity contribution in [2.24, 2.45) is 0 Å². The van der Waals surface area contributed by atoms with Crippen molar-refractivity contribution in [1.82, 2.24) is 0 Å². The summed E-state index contributed by atoms with van der Waals surface area (Å²) in [6, 6.07) is 18.5. The monoisotopic (exact) mass is 361 g/mol. The van der Waals surface area contributed by atoms with E-state index in [0.29, 0.717) is 5.75 Å². The second-order valence-corrected chi connectivity index (χ2v) is 6.07. The molecule has 0 saturated carbocycles. The topological polar surface area (TPSA) is 75.6 Å². The fourth-order valence-corrected chi connectivity index (χ4v) is 2.88. The SMILES string of the molecule is COc1cccc(C(=O)O)c1NC(=O)/C=C(/C)c1ccc2ccccc2c1. The molecule has 0 heterocycles. The number of hydrogen-bond donors (Lipinski definition) is 2. The second kappa shape index (κ2) is 7.74. The summed E-state index contributed by atoms with van der Waals surface area (Å²) in [5.41, 5.74) is 1.80. The van der Waals surface area contributed by atoms with Gasteiger partial charge >= 0.3 is 5.97 Å². The normalized spacial score (nSPS) is 11.3. The molecule has 0 aromatic heterocycles. The molecule has 3 rings (SSSR count). The van der Waals surface area contributed by atoms with E-state index in [2.05, 4.69) is 5.32 Å². The Kier molecular flexibility index (Phi) is 5.22. The zero-order chi connectivity index (χ0) is 19.4. The predicted molar refractivity (Wildman–Crippen MR) is 106 cm³/mol. The van der Waals surface area contributed by atoms with Crippen molar-refractivity contribution in [3.63, 3.8) is 0 Å². The molecule has 1 amide bonds. The molecule has 0 aliphatic rings. The molecule has 5 heteroatoms. The number of carbonyl (C=O) groups is 2. The number of carboxylic acids is 1. The van der Waals surface area contributed by atoms with Crippen molar-refractivity contribution in [3.8, 4) is 5.75 Å². The van der Waals surface area contributed by atoms with Crippen molar-refractivity contribution >= 4 is 33.9 Å². The fraction of sp³-hybridized carbons (Fsp3) is 0.0909. The molecule has 3 aromatic carbocycles. The zero-order valence-corrected chi connectivity index (χ0v) is 15.0. The highest BCUT2D eigenvalue weighted by Crippen LogP contribution is 2.29. The highest BCUT2D eigenvalue weighted by Gasteiger charge is 2.16. The van der Waals surface area contributed by atoms with E-state index in [1.54, 1.807) is 12.1 Å². The average Bonchev–Trinajstić information content (AvgIpc) is 2.67. The van der Waals surface area contributed by atoms with Gasteiger partial charge in [-0.1, -0.05) is 42.5 Å². The van der Waals surface area contributed by atoms with Crippen molar-refractivity contribution < 1.29 is 19.4 Å². The van der Waals surface area contributed by atoms with Gasteiger partial charge in [0.2, 0.25) is 5.91 Å². The van der Waals surface area contributed by atoms with Crippen LogP contribution in [-0.4, -0.2) is 24.1 Å². The minimum absolute atomic E-state index is 0.0283. The lowest BCUT2D eigenvalue weighted by Crippen LogP contribution is -2.13. The number of hydrogen-bond acceptors (Lipinski definition) is 3. The Balaban J connectivity index is 1.89. The van der Waals surface area contributed by atoms with Crippen LogP contribution < -0.4 is 10.1 Å². The Morgan fingerprint density at radius 2 is 1.74 bits per heavy atom. The van der Waals surface area contributed by atoms with E-state index in [-0.39, 0.29) is 11.3 Å². The quantitative estimate of drug-likeness (QED) is 0.652. The minimum atomic E-state index is -1.14. The van der Waals surface area contributed by atoms with Crippen LogP contribution in [0.15, 0.2) is 66.7 Å². The summed E-state index contributed by atoms with van der Waals surface area (Å²) in [5, 5.41) is 14.2. The number of fused-ring (bicyclic) bond motifs is 1. The second-order valence-electron chi connectivity index (χ2n) is 6.07. The van der Waals surface area contributed by atoms with Crippen molar-refractivity contribution in [1.29, 1.82) is 0 Å². The smallest absolute Gasteiger partial charge is 0.337 e. The van der Waals surface area contributed by atoms with Crippen LogP contribution in [0.4, 0.5) is 5.69 Å². The molecule has 3 aromatic rings. The Labute approximate surface area is 156 Å². The first-order valence-electron chi connectivity index (χ1n) is 8.38. The summed E-state index contributed by atoms with van der Waals surface area (Å²) in [6.07, 6.45) is 1.45. The van der Waals surface area contributed by atoms with Crippen LogP contribution in [0, 0.1) is 0 Å². The molecule has 136 valence electrons. The summed E-state index contributed by atoms with van der Waals surface area (Å²) in [5.74, 6) is -1.27. The van der Waals surface area contributed by atoms with E-state index in [1.165, 1.54) is 19.3 Å². The number of rotatable bonds is 5. The number of carboxylic acid groups (broad SMARTS) is 1. The van der Waals surface area contributed by atoms with Crippen LogP contribution in [0.2, 0.25) is 0 Å². The maximum atomic E-state index is 12.5. The first-order chi connectivity index (χ1) is 13.0. The molecule has 0 aliphatic heterocycles. The van der Waals surface area contributed by atoms with Gasteiger partial charge in [0.15, 0.2) is 0 Å². The molecule has 0 fully saturated rings. The summed E-state index contributed by atoms with van der Waals surface area (Å²) in [4.78, 5) is 23.9. The van der Waals surface area contributed by atoms with E-state index in [9.17, 15) is 14.7 Å². The third-order valence-corrected chi connectivity index (χ3v) is 4.28. The van der Waals surface area contributed by atoms with Crippen molar-refractivity contribution in [2.75, 3.05) is 12.4 Å². The highest BCUT2D eigenvalue weighted by molar-refractivity contribution is 6.08. The summed E-state index contributed by atoms with van der Waals surface area (Å²) >= 11 is 0. The number of methoxy groups -OCH3 is 1. The summed E-state index contributed by atoms with van der Waals surface area (Å²) in [7, 11) is 1.42. The minimum Gasteiger partial charge on any atom is -0.495 e. The lowest BCUT2D eigenvalue weighted by molar-refractivity contribution is -0.111. The van der Waals surface area contributed by atoms with Crippen LogP contribution in [0.1, 0.15) is 22.8 Å². The van der Waals surface area contributed by atoms with Crippen LogP contribution in [0.25, 0.3) is 16.3 Å². The van der Waals surface area contributed by atoms with Gasteiger partial charge in [0.1, 0.15) is 5.75 Å². The van der Waals surface area contributed by atoms with Crippen LogP contribution in [-0.2, 0) is 4.79 Å². The molecule has 0 bridgehead atoms. The van der Waals surface area contributed by atoms with E-state index in [1.807, 2.05) is 49.4 Å². The number of carbonyl (C=O) groups excluding carboxylic acids is 1. The summed E-state index contributed by atoms with van der Waals surface area (Å²) < 4.78 is 5.18. The van der Waals surface area contributed by atoms with E-state index in [0.717, 1.165) is 21.9 Å². The predicted octanol–water partition coefficient (Wildman–Crippen LogP) is 4.59. The van der Waals surface area contributed by atoms with E-state index < -0.39 is 11.9 Å². The Hall–Kier alpha value is -3.60. The number of amides is 1. The lowest BCUT2D eigenvalue weighted by atomic mass is 10.0. The Morgan fingerprint density at radius 1 is 1.00 bits per heavy atom. The largest absolute Gasteiger partial charge is 0.495 e. The molecule has 2 N–H and O–H groups in total. The van der Waals surface area contributed by atoms with Gasteiger partial charge in [-0.25, -0.2) is 4.79 Å². The van der Waals surface area contributed by atoms with E-state index in [4.69, 9.17) is 4.74 Å². The average molecular weight is 361 g/mol. The van der Waals surface area contributed by atoms with Gasteiger partial charge in [-0.3, -0.25) is 4.79 Å². The van der Waals surface area contributed by atoms with Crippen molar-refractivity contribution in [2.45, 2.75) is 6.92 Å². The fourth-order valence-electron chi connectivity index (χ4n) is 2.88. The first-order valence-corrected chi connectivity index (χ1v) is 8.38. The maximum Gasteiger partial charge on any atom is 0.337 e. The Bertz CT molecular complexity index is 1050. The van der Waals surface area contributed by atoms with Crippen LogP contribution in [0.5, 0.6) is 5.75 Å². The molecule has 0 spiro atoms. The molecule has 5 nitrogen and oxygen atoms in total. The number of anilines is 1. The third-order valence-electron chi connectivity index (χ3n) is 4.28. The number of ether oxygens (including phenoxy) is 1. The van der Waals surface area contributed by atoms with Gasteiger partial charge in [-0.2, -0.15) is 0 Å². The Morgan fingerprint density at radius 3 is 2.44 bits per heavy atom. The number of benzene rings is 3. The molecule has 27 heavy (non-hydrogen) atoms. The number of aromatic carboxylic acids is 1. The van der Waals surface area contributed by atoms with Gasteiger partial charge in [0.05, 0.1) is 18.4 Å². The van der Waals surface area contributed by atoms with Gasteiger partial charge in [0.25, 0.3) is 0 Å². The summed E-state index contributed by atoms with van der Waals surface area (Å²) in [6.45, 7) is 1.84. The van der Waals surface area contributed by atoms with Crippen molar-refractivity contribution in [3.05, 3.63) is 77.9 Å². The van der Waals surface area contributed by atoms with Gasteiger partial charge in [0, 0.05) is 6.08 Å². The van der Waals surface area contributed by atoms with Crippen LogP contribution >= 0.6 is 0 Å².